The van der Waals surface area contributed by atoms with Crippen molar-refractivity contribution in [2.24, 2.45) is 5.92 Å². The van der Waals surface area contributed by atoms with E-state index < -0.39 is 0 Å². The van der Waals surface area contributed by atoms with Crippen LogP contribution in [-0.4, -0.2) is 26.9 Å². The van der Waals surface area contributed by atoms with E-state index in [0.717, 1.165) is 18.0 Å². The molecule has 0 heterocycles. The molecule has 1 atom stereocenters. The first-order chi connectivity index (χ1) is 8.26. The highest BCUT2D eigenvalue weighted by Gasteiger charge is 1.99. The van der Waals surface area contributed by atoms with Gasteiger partial charge in [-0.05, 0) is 30.2 Å². The molecule has 1 aromatic carbocycles. The second-order valence-electron chi connectivity index (χ2n) is 4.26. The van der Waals surface area contributed by atoms with Crippen LogP contribution in [0.4, 0.5) is 5.69 Å². The number of hydrogen-bond acceptors (Lipinski definition) is 3. The van der Waals surface area contributed by atoms with Crippen molar-refractivity contribution in [3.05, 3.63) is 24.3 Å². The van der Waals surface area contributed by atoms with Gasteiger partial charge in [0.2, 0.25) is 0 Å². The van der Waals surface area contributed by atoms with Gasteiger partial charge in [-0.1, -0.05) is 20.3 Å². The molecule has 1 N–H and O–H groups in total. The molecule has 0 bridgehead atoms. The van der Waals surface area contributed by atoms with Crippen molar-refractivity contribution in [2.75, 3.05) is 32.2 Å². The van der Waals surface area contributed by atoms with Crippen LogP contribution < -0.4 is 10.1 Å². The molecular weight excluding hydrogens is 214 g/mol. The standard InChI is InChI=1S/C14H23NO2/c1-4-12(2)11-15-13-5-7-14(8-6-13)17-10-9-16-3/h5-8,12,15H,4,9-11H2,1-3H3. The molecule has 0 amide bonds. The van der Waals surface area contributed by atoms with Crippen LogP contribution >= 0.6 is 0 Å². The molecule has 0 aromatic heterocycles. The summed E-state index contributed by atoms with van der Waals surface area (Å²) in [5.41, 5.74) is 1.14. The number of rotatable bonds is 8. The average Bonchev–Trinajstić information content (AvgIpc) is 2.37. The zero-order valence-corrected chi connectivity index (χ0v) is 11.0. The van der Waals surface area contributed by atoms with Crippen molar-refractivity contribution in [3.63, 3.8) is 0 Å². The normalized spacial score (nSPS) is 12.2. The summed E-state index contributed by atoms with van der Waals surface area (Å²) >= 11 is 0. The second kappa shape index (κ2) is 7.96. The number of anilines is 1. The number of hydrogen-bond donors (Lipinski definition) is 1. The Morgan fingerprint density at radius 2 is 1.88 bits per heavy atom. The molecule has 3 heteroatoms. The predicted molar refractivity (Wildman–Crippen MR) is 71.8 cm³/mol. The van der Waals surface area contributed by atoms with Crippen LogP contribution in [0.1, 0.15) is 20.3 Å². The Bertz CT molecular complexity index is 298. The molecule has 1 rings (SSSR count). The third kappa shape index (κ3) is 5.59. The molecule has 3 nitrogen and oxygen atoms in total. The van der Waals surface area contributed by atoms with Crippen molar-refractivity contribution in [2.45, 2.75) is 20.3 Å². The molecule has 0 saturated carbocycles. The van der Waals surface area contributed by atoms with Gasteiger partial charge in [0.1, 0.15) is 12.4 Å². The van der Waals surface area contributed by atoms with Gasteiger partial charge in [-0.25, -0.2) is 0 Å². The zero-order chi connectivity index (χ0) is 12.5. The highest BCUT2D eigenvalue weighted by Crippen LogP contribution is 2.16. The lowest BCUT2D eigenvalue weighted by atomic mass is 10.1. The summed E-state index contributed by atoms with van der Waals surface area (Å²) < 4.78 is 10.4. The van der Waals surface area contributed by atoms with Crippen LogP contribution in [0.2, 0.25) is 0 Å². The van der Waals surface area contributed by atoms with Crippen LogP contribution in [0.25, 0.3) is 0 Å². The summed E-state index contributed by atoms with van der Waals surface area (Å²) in [6, 6.07) is 8.05. The quantitative estimate of drug-likeness (QED) is 0.704. The van der Waals surface area contributed by atoms with Gasteiger partial charge in [-0.2, -0.15) is 0 Å². The molecule has 0 aliphatic rings. The predicted octanol–water partition coefficient (Wildman–Crippen LogP) is 3.17. The van der Waals surface area contributed by atoms with E-state index in [-0.39, 0.29) is 0 Å². The fraction of sp³-hybridized carbons (Fsp3) is 0.571. The molecule has 0 aliphatic heterocycles. The minimum Gasteiger partial charge on any atom is -0.491 e. The zero-order valence-electron chi connectivity index (χ0n) is 11.0. The Labute approximate surface area is 104 Å². The maximum Gasteiger partial charge on any atom is 0.119 e. The minimum atomic E-state index is 0.593. The van der Waals surface area contributed by atoms with E-state index >= 15 is 0 Å². The fourth-order valence-corrected chi connectivity index (χ4v) is 1.35. The molecule has 0 radical (unpaired) electrons. The lowest BCUT2D eigenvalue weighted by Crippen LogP contribution is -2.10. The first-order valence-corrected chi connectivity index (χ1v) is 6.22. The van der Waals surface area contributed by atoms with E-state index in [0.29, 0.717) is 19.1 Å². The molecule has 0 spiro atoms. The maximum absolute atomic E-state index is 5.50. The van der Waals surface area contributed by atoms with Gasteiger partial charge in [-0.3, -0.25) is 0 Å². The topological polar surface area (TPSA) is 30.5 Å². The van der Waals surface area contributed by atoms with Gasteiger partial charge < -0.3 is 14.8 Å². The van der Waals surface area contributed by atoms with Crippen LogP contribution in [0.5, 0.6) is 5.75 Å². The van der Waals surface area contributed by atoms with Gasteiger partial charge in [0.25, 0.3) is 0 Å². The monoisotopic (exact) mass is 237 g/mol. The molecular formula is C14H23NO2. The summed E-state index contributed by atoms with van der Waals surface area (Å²) in [6.45, 7) is 6.68. The average molecular weight is 237 g/mol. The molecule has 1 aromatic rings. The Kier molecular flexibility index (Phi) is 6.48. The van der Waals surface area contributed by atoms with Crippen molar-refractivity contribution in [1.82, 2.24) is 0 Å². The molecule has 0 saturated heterocycles. The first kappa shape index (κ1) is 13.8. The van der Waals surface area contributed by atoms with E-state index in [9.17, 15) is 0 Å². The van der Waals surface area contributed by atoms with E-state index in [1.807, 2.05) is 24.3 Å². The summed E-state index contributed by atoms with van der Waals surface area (Å²) in [5, 5.41) is 3.41. The van der Waals surface area contributed by atoms with Crippen LogP contribution in [0, 0.1) is 5.92 Å². The van der Waals surface area contributed by atoms with Crippen LogP contribution in [0.3, 0.4) is 0 Å². The molecule has 0 aliphatic carbocycles. The highest BCUT2D eigenvalue weighted by atomic mass is 16.5. The van der Waals surface area contributed by atoms with Crippen molar-refractivity contribution >= 4 is 5.69 Å². The van der Waals surface area contributed by atoms with Crippen LogP contribution in [-0.2, 0) is 4.74 Å². The number of benzene rings is 1. The van der Waals surface area contributed by atoms with E-state index in [1.165, 1.54) is 6.42 Å². The molecule has 96 valence electrons. The van der Waals surface area contributed by atoms with E-state index in [1.54, 1.807) is 7.11 Å². The summed E-state index contributed by atoms with van der Waals surface area (Å²) in [6.07, 6.45) is 1.20. The molecule has 1 unspecified atom stereocenters. The number of methoxy groups -OCH3 is 1. The molecule has 17 heavy (non-hydrogen) atoms. The summed E-state index contributed by atoms with van der Waals surface area (Å²) in [7, 11) is 1.67. The Balaban J connectivity index is 2.34. The van der Waals surface area contributed by atoms with Gasteiger partial charge in [0, 0.05) is 19.3 Å². The summed E-state index contributed by atoms with van der Waals surface area (Å²) in [5.74, 6) is 1.59. The highest BCUT2D eigenvalue weighted by molar-refractivity contribution is 5.46. The second-order valence-corrected chi connectivity index (χ2v) is 4.26. The SMILES string of the molecule is CCC(C)CNc1ccc(OCCOC)cc1. The van der Waals surface area contributed by atoms with Gasteiger partial charge in [0.15, 0.2) is 0 Å². The number of nitrogens with one attached hydrogen (secondary N) is 1. The van der Waals surface area contributed by atoms with Gasteiger partial charge in [0.05, 0.1) is 6.61 Å². The van der Waals surface area contributed by atoms with Gasteiger partial charge in [-0.15, -0.1) is 0 Å². The maximum atomic E-state index is 5.50. The third-order valence-electron chi connectivity index (χ3n) is 2.76. The van der Waals surface area contributed by atoms with Crippen molar-refractivity contribution in [3.8, 4) is 5.75 Å². The smallest absolute Gasteiger partial charge is 0.119 e. The lowest BCUT2D eigenvalue weighted by Gasteiger charge is -2.12. The van der Waals surface area contributed by atoms with Gasteiger partial charge >= 0.3 is 0 Å². The molecule has 0 fully saturated rings. The van der Waals surface area contributed by atoms with E-state index in [4.69, 9.17) is 9.47 Å². The minimum absolute atomic E-state index is 0.593. The fourth-order valence-electron chi connectivity index (χ4n) is 1.35. The third-order valence-corrected chi connectivity index (χ3v) is 2.76. The van der Waals surface area contributed by atoms with E-state index in [2.05, 4.69) is 19.2 Å². The van der Waals surface area contributed by atoms with Crippen molar-refractivity contribution < 1.29 is 9.47 Å². The summed E-state index contributed by atoms with van der Waals surface area (Å²) in [4.78, 5) is 0. The largest absolute Gasteiger partial charge is 0.491 e. The first-order valence-electron chi connectivity index (χ1n) is 6.22. The number of ether oxygens (including phenoxy) is 2. The van der Waals surface area contributed by atoms with Crippen LogP contribution in [0.15, 0.2) is 24.3 Å². The Morgan fingerprint density at radius 3 is 2.47 bits per heavy atom. The Morgan fingerprint density at radius 1 is 1.18 bits per heavy atom. The lowest BCUT2D eigenvalue weighted by molar-refractivity contribution is 0.146. The Hall–Kier alpha value is -1.22. The van der Waals surface area contributed by atoms with Crippen molar-refractivity contribution in [1.29, 1.82) is 0 Å².